The van der Waals surface area contributed by atoms with Crippen molar-refractivity contribution in [3.63, 3.8) is 0 Å². The average Bonchev–Trinajstić information content (AvgIpc) is 2.25. The monoisotopic (exact) mass is 242 g/mol. The predicted molar refractivity (Wildman–Crippen MR) is 62.1 cm³/mol. The van der Waals surface area contributed by atoms with Crippen LogP contribution in [0, 0.1) is 0 Å². The van der Waals surface area contributed by atoms with E-state index >= 15 is 0 Å². The minimum absolute atomic E-state index is 0.286. The van der Waals surface area contributed by atoms with Gasteiger partial charge in [0.15, 0.2) is 0 Å². The normalized spacial score (nSPS) is 12.0. The number of carboxylic acids is 1. The molecule has 0 fully saturated rings. The van der Waals surface area contributed by atoms with Crippen molar-refractivity contribution < 1.29 is 18.8 Å². The maximum absolute atomic E-state index is 11.1. The van der Waals surface area contributed by atoms with Crippen LogP contribution in [0.25, 0.3) is 0 Å². The summed E-state index contributed by atoms with van der Waals surface area (Å²) in [5.41, 5.74) is 0. The number of carbonyl (C=O) groups is 1. The van der Waals surface area contributed by atoms with Gasteiger partial charge in [-0.15, -0.1) is 0 Å². The minimum Gasteiger partial charge on any atom is -0.494 e. The molecular formula is C11H14O4S. The first-order valence-electron chi connectivity index (χ1n) is 4.93. The molecule has 0 saturated carbocycles. The summed E-state index contributed by atoms with van der Waals surface area (Å²) in [4.78, 5) is 10.2. The molecular weight excluding hydrogens is 228 g/mol. The fraction of sp³-hybridized carbons (Fsp3) is 0.364. The second kappa shape index (κ2) is 7.00. The number of hydrogen-bond donors (Lipinski definition) is 1. The molecule has 0 saturated heterocycles. The van der Waals surface area contributed by atoms with Gasteiger partial charge in [-0.3, -0.25) is 9.00 Å². The van der Waals surface area contributed by atoms with Crippen LogP contribution in [0.1, 0.15) is 6.42 Å². The summed E-state index contributed by atoms with van der Waals surface area (Å²) in [6.07, 6.45) is 0.592. The summed E-state index contributed by atoms with van der Waals surface area (Å²) < 4.78 is 16.5. The maximum atomic E-state index is 11.1. The van der Waals surface area contributed by atoms with Gasteiger partial charge in [-0.25, -0.2) is 0 Å². The molecule has 16 heavy (non-hydrogen) atoms. The first-order valence-corrected chi connectivity index (χ1v) is 6.42. The Balaban J connectivity index is 2.13. The third kappa shape index (κ3) is 5.50. The lowest BCUT2D eigenvalue weighted by Gasteiger charge is -2.04. The third-order valence-electron chi connectivity index (χ3n) is 1.81. The highest BCUT2D eigenvalue weighted by atomic mass is 32.2. The zero-order valence-corrected chi connectivity index (χ0v) is 9.61. The van der Waals surface area contributed by atoms with E-state index < -0.39 is 16.8 Å². The van der Waals surface area contributed by atoms with Crippen molar-refractivity contribution in [3.05, 3.63) is 30.3 Å². The SMILES string of the molecule is O=C(O)CS(=O)CCCOc1ccccc1. The first-order chi connectivity index (χ1) is 7.68. The fourth-order valence-electron chi connectivity index (χ4n) is 1.14. The molecule has 0 aromatic heterocycles. The van der Waals surface area contributed by atoms with E-state index in [0.29, 0.717) is 18.8 Å². The Labute approximate surface area is 96.7 Å². The molecule has 0 aliphatic rings. The Morgan fingerprint density at radius 1 is 1.31 bits per heavy atom. The molecule has 0 bridgehead atoms. The van der Waals surface area contributed by atoms with Crippen molar-refractivity contribution in [2.45, 2.75) is 6.42 Å². The van der Waals surface area contributed by atoms with Gasteiger partial charge in [-0.05, 0) is 18.6 Å². The van der Waals surface area contributed by atoms with E-state index in [1.807, 2.05) is 30.3 Å². The van der Waals surface area contributed by atoms with Crippen molar-refractivity contribution in [2.75, 3.05) is 18.1 Å². The van der Waals surface area contributed by atoms with Crippen molar-refractivity contribution >= 4 is 16.8 Å². The smallest absolute Gasteiger partial charge is 0.316 e. The lowest BCUT2D eigenvalue weighted by atomic mass is 10.3. The summed E-state index contributed by atoms with van der Waals surface area (Å²) in [6.45, 7) is 0.454. The quantitative estimate of drug-likeness (QED) is 0.732. The van der Waals surface area contributed by atoms with Gasteiger partial charge in [-0.1, -0.05) is 18.2 Å². The predicted octanol–water partition coefficient (Wildman–Crippen LogP) is 1.29. The van der Waals surface area contributed by atoms with Crippen LogP contribution in [0.5, 0.6) is 5.75 Å². The van der Waals surface area contributed by atoms with Crippen LogP contribution in [0.15, 0.2) is 30.3 Å². The molecule has 88 valence electrons. The van der Waals surface area contributed by atoms with Gasteiger partial charge in [0.2, 0.25) is 0 Å². The molecule has 0 radical (unpaired) electrons. The van der Waals surface area contributed by atoms with E-state index in [-0.39, 0.29) is 5.75 Å². The van der Waals surface area contributed by atoms with Gasteiger partial charge in [0.1, 0.15) is 11.5 Å². The molecule has 0 aliphatic carbocycles. The molecule has 1 aromatic carbocycles. The molecule has 4 nitrogen and oxygen atoms in total. The second-order valence-electron chi connectivity index (χ2n) is 3.20. The molecule has 0 spiro atoms. The summed E-state index contributed by atoms with van der Waals surface area (Å²) in [5, 5.41) is 8.39. The van der Waals surface area contributed by atoms with Crippen molar-refractivity contribution in [1.82, 2.24) is 0 Å². The number of benzene rings is 1. The van der Waals surface area contributed by atoms with Crippen LogP contribution >= 0.6 is 0 Å². The molecule has 0 aliphatic heterocycles. The Morgan fingerprint density at radius 3 is 2.62 bits per heavy atom. The number of carboxylic acid groups (broad SMARTS) is 1. The molecule has 0 heterocycles. The van der Waals surface area contributed by atoms with Gasteiger partial charge >= 0.3 is 5.97 Å². The van der Waals surface area contributed by atoms with E-state index in [0.717, 1.165) is 5.75 Å². The van der Waals surface area contributed by atoms with Crippen LogP contribution in [0.4, 0.5) is 0 Å². The number of hydrogen-bond acceptors (Lipinski definition) is 3. The van der Waals surface area contributed by atoms with E-state index in [1.165, 1.54) is 0 Å². The molecule has 0 amide bonds. The van der Waals surface area contributed by atoms with Crippen LogP contribution in [-0.4, -0.2) is 33.4 Å². The van der Waals surface area contributed by atoms with Gasteiger partial charge in [0.05, 0.1) is 6.61 Å². The van der Waals surface area contributed by atoms with Crippen LogP contribution < -0.4 is 4.74 Å². The van der Waals surface area contributed by atoms with Gasteiger partial charge in [0.25, 0.3) is 0 Å². The molecule has 1 unspecified atom stereocenters. The Morgan fingerprint density at radius 2 is 2.00 bits per heavy atom. The number of para-hydroxylation sites is 1. The van der Waals surface area contributed by atoms with Gasteiger partial charge < -0.3 is 9.84 Å². The Kier molecular flexibility index (Phi) is 5.56. The van der Waals surface area contributed by atoms with E-state index in [4.69, 9.17) is 9.84 Å². The van der Waals surface area contributed by atoms with Crippen LogP contribution in [0.2, 0.25) is 0 Å². The highest BCUT2D eigenvalue weighted by molar-refractivity contribution is 7.85. The Hall–Kier alpha value is -1.36. The molecule has 1 aromatic rings. The zero-order valence-electron chi connectivity index (χ0n) is 8.80. The zero-order chi connectivity index (χ0) is 11.8. The summed E-state index contributed by atoms with van der Waals surface area (Å²) >= 11 is 0. The van der Waals surface area contributed by atoms with Crippen molar-refractivity contribution in [1.29, 1.82) is 0 Å². The van der Waals surface area contributed by atoms with Crippen LogP contribution in [0.3, 0.4) is 0 Å². The van der Waals surface area contributed by atoms with Gasteiger partial charge in [0, 0.05) is 16.6 Å². The average molecular weight is 242 g/mol. The second-order valence-corrected chi connectivity index (χ2v) is 4.77. The molecule has 1 atom stereocenters. The summed E-state index contributed by atoms with van der Waals surface area (Å²) in [7, 11) is -1.29. The van der Waals surface area contributed by atoms with Crippen molar-refractivity contribution in [3.8, 4) is 5.75 Å². The van der Waals surface area contributed by atoms with Crippen molar-refractivity contribution in [2.24, 2.45) is 0 Å². The largest absolute Gasteiger partial charge is 0.494 e. The molecule has 1 N–H and O–H groups in total. The molecule has 5 heteroatoms. The number of rotatable bonds is 7. The lowest BCUT2D eigenvalue weighted by Crippen LogP contribution is -2.13. The highest BCUT2D eigenvalue weighted by Gasteiger charge is 2.05. The maximum Gasteiger partial charge on any atom is 0.316 e. The topological polar surface area (TPSA) is 63.6 Å². The first kappa shape index (κ1) is 12.7. The van der Waals surface area contributed by atoms with E-state index in [9.17, 15) is 9.00 Å². The number of ether oxygens (including phenoxy) is 1. The van der Waals surface area contributed by atoms with E-state index in [2.05, 4.69) is 0 Å². The van der Waals surface area contributed by atoms with Crippen LogP contribution in [-0.2, 0) is 15.6 Å². The molecule has 1 rings (SSSR count). The fourth-order valence-corrected chi connectivity index (χ4v) is 2.00. The Bertz CT molecular complexity index is 350. The standard InChI is InChI=1S/C11H14O4S/c12-11(13)9-16(14)8-4-7-15-10-5-2-1-3-6-10/h1-3,5-6H,4,7-9H2,(H,12,13). The number of aliphatic carboxylic acids is 1. The summed E-state index contributed by atoms with van der Waals surface area (Å²) in [5.74, 6) is -0.182. The third-order valence-corrected chi connectivity index (χ3v) is 3.13. The minimum atomic E-state index is -1.29. The van der Waals surface area contributed by atoms with E-state index in [1.54, 1.807) is 0 Å². The lowest BCUT2D eigenvalue weighted by molar-refractivity contribution is -0.133. The highest BCUT2D eigenvalue weighted by Crippen LogP contribution is 2.08. The van der Waals surface area contributed by atoms with Gasteiger partial charge in [-0.2, -0.15) is 0 Å². The summed E-state index contributed by atoms with van der Waals surface area (Å²) in [6, 6.07) is 9.33.